The van der Waals surface area contributed by atoms with Gasteiger partial charge in [-0.25, -0.2) is 17.9 Å². The number of amides is 1. The highest BCUT2D eigenvalue weighted by atomic mass is 32.2. The number of rotatable bonds is 6. The van der Waals surface area contributed by atoms with Gasteiger partial charge in [0.25, 0.3) is 5.91 Å². The molecule has 0 aromatic heterocycles. The van der Waals surface area contributed by atoms with E-state index in [9.17, 15) is 18.0 Å². The Bertz CT molecular complexity index is 840. The number of hydrogen-bond donors (Lipinski definition) is 1. The van der Waals surface area contributed by atoms with Crippen LogP contribution in [0.25, 0.3) is 0 Å². The lowest BCUT2D eigenvalue weighted by atomic mass is 10.1. The minimum absolute atomic E-state index is 0.0204. The minimum Gasteiger partial charge on any atom is -0.449 e. The van der Waals surface area contributed by atoms with E-state index < -0.39 is 22.1 Å². The maximum absolute atomic E-state index is 12.6. The number of likely N-dealkylation sites (tertiary alicyclic amines) is 1. The van der Waals surface area contributed by atoms with Crippen LogP contribution >= 0.6 is 0 Å². The number of carbonyl (C=O) groups excluding carboxylic acids is 2. The van der Waals surface area contributed by atoms with Crippen LogP contribution < -0.4 is 4.72 Å². The quantitative estimate of drug-likeness (QED) is 0.730. The van der Waals surface area contributed by atoms with E-state index in [0.29, 0.717) is 18.7 Å². The summed E-state index contributed by atoms with van der Waals surface area (Å²) in [6, 6.07) is 4.36. The van der Waals surface area contributed by atoms with E-state index in [4.69, 9.17) is 4.74 Å². The van der Waals surface area contributed by atoms with Crippen molar-refractivity contribution in [2.75, 3.05) is 13.1 Å². The molecule has 1 saturated heterocycles. The van der Waals surface area contributed by atoms with Crippen molar-refractivity contribution >= 4 is 21.9 Å². The molecule has 0 spiro atoms. The van der Waals surface area contributed by atoms with Crippen molar-refractivity contribution in [1.82, 2.24) is 9.62 Å². The molecule has 1 aliphatic carbocycles. The molecule has 2 fully saturated rings. The summed E-state index contributed by atoms with van der Waals surface area (Å²) in [4.78, 5) is 27.0. The second-order valence-corrected chi connectivity index (χ2v) is 9.37. The van der Waals surface area contributed by atoms with Crippen LogP contribution in [-0.4, -0.2) is 50.4 Å². The highest BCUT2D eigenvalue weighted by molar-refractivity contribution is 7.89. The molecule has 0 bridgehead atoms. The average Bonchev–Trinajstić information content (AvgIpc) is 3.47. The first-order chi connectivity index (χ1) is 13.3. The zero-order valence-electron chi connectivity index (χ0n) is 16.4. The van der Waals surface area contributed by atoms with Crippen LogP contribution in [0.15, 0.2) is 23.1 Å². The van der Waals surface area contributed by atoms with Crippen molar-refractivity contribution in [3.63, 3.8) is 0 Å². The Hall–Kier alpha value is -1.93. The molecule has 1 aromatic rings. The number of sulfonamides is 1. The second-order valence-electron chi connectivity index (χ2n) is 7.66. The number of hydrogen-bond acceptors (Lipinski definition) is 5. The number of carbonyl (C=O) groups is 2. The third-order valence-electron chi connectivity index (χ3n) is 5.19. The lowest BCUT2D eigenvalue weighted by Gasteiger charge is -2.24. The van der Waals surface area contributed by atoms with E-state index in [-0.39, 0.29) is 22.4 Å². The van der Waals surface area contributed by atoms with Crippen molar-refractivity contribution in [3.8, 4) is 0 Å². The smallest absolute Gasteiger partial charge is 0.339 e. The van der Waals surface area contributed by atoms with Gasteiger partial charge < -0.3 is 9.64 Å². The summed E-state index contributed by atoms with van der Waals surface area (Å²) >= 11 is 0. The Morgan fingerprint density at radius 2 is 1.79 bits per heavy atom. The number of ether oxygens (including phenoxy) is 1. The number of nitrogens with one attached hydrogen (secondary N) is 1. The third-order valence-corrected chi connectivity index (χ3v) is 6.71. The Morgan fingerprint density at radius 3 is 2.39 bits per heavy atom. The first-order valence-electron chi connectivity index (χ1n) is 9.90. The van der Waals surface area contributed by atoms with Gasteiger partial charge in [0.1, 0.15) is 0 Å². The molecule has 1 unspecified atom stereocenters. The van der Waals surface area contributed by atoms with Crippen LogP contribution in [0.3, 0.4) is 0 Å². The molecular formula is C20H28N2O5S. The van der Waals surface area contributed by atoms with Crippen molar-refractivity contribution in [3.05, 3.63) is 29.3 Å². The zero-order chi connectivity index (χ0) is 20.3. The van der Waals surface area contributed by atoms with Crippen molar-refractivity contribution < 1.29 is 22.7 Å². The van der Waals surface area contributed by atoms with E-state index >= 15 is 0 Å². The van der Waals surface area contributed by atoms with Gasteiger partial charge in [-0.15, -0.1) is 0 Å². The number of nitrogens with zero attached hydrogens (tertiary/aromatic N) is 1. The van der Waals surface area contributed by atoms with Gasteiger partial charge >= 0.3 is 5.97 Å². The van der Waals surface area contributed by atoms with Crippen LogP contribution in [-0.2, 0) is 19.6 Å². The van der Waals surface area contributed by atoms with E-state index in [2.05, 4.69) is 4.72 Å². The van der Waals surface area contributed by atoms with Crippen LogP contribution in [0, 0.1) is 6.92 Å². The Labute approximate surface area is 166 Å². The van der Waals surface area contributed by atoms with E-state index in [0.717, 1.165) is 38.5 Å². The molecule has 154 valence electrons. The van der Waals surface area contributed by atoms with Gasteiger partial charge in [0.15, 0.2) is 6.10 Å². The maximum Gasteiger partial charge on any atom is 0.339 e. The second kappa shape index (κ2) is 8.61. The zero-order valence-corrected chi connectivity index (χ0v) is 17.3. The molecule has 1 heterocycles. The van der Waals surface area contributed by atoms with Crippen LogP contribution in [0.4, 0.5) is 0 Å². The summed E-state index contributed by atoms with van der Waals surface area (Å²) in [7, 11) is -3.67. The molecule has 1 amide bonds. The molecule has 1 aromatic carbocycles. The van der Waals surface area contributed by atoms with Gasteiger partial charge in [0.05, 0.1) is 10.5 Å². The summed E-state index contributed by atoms with van der Waals surface area (Å²) < 4.78 is 32.8. The molecule has 28 heavy (non-hydrogen) atoms. The number of esters is 1. The van der Waals surface area contributed by atoms with Gasteiger partial charge in [-0.3, -0.25) is 4.79 Å². The molecule has 0 radical (unpaired) electrons. The Balaban J connectivity index is 1.70. The molecule has 1 saturated carbocycles. The van der Waals surface area contributed by atoms with E-state index in [1.807, 2.05) is 0 Å². The van der Waals surface area contributed by atoms with Crippen molar-refractivity contribution in [1.29, 1.82) is 0 Å². The predicted octanol–water partition coefficient (Wildman–Crippen LogP) is 2.38. The predicted molar refractivity (Wildman–Crippen MR) is 104 cm³/mol. The average molecular weight is 409 g/mol. The first kappa shape index (κ1) is 20.8. The maximum atomic E-state index is 12.6. The summed E-state index contributed by atoms with van der Waals surface area (Å²) in [5.74, 6) is -0.885. The van der Waals surface area contributed by atoms with Crippen LogP contribution in [0.1, 0.15) is 61.4 Å². The molecule has 3 rings (SSSR count). The van der Waals surface area contributed by atoms with Gasteiger partial charge in [0, 0.05) is 19.1 Å². The van der Waals surface area contributed by atoms with E-state index in [1.165, 1.54) is 12.1 Å². The monoisotopic (exact) mass is 408 g/mol. The summed E-state index contributed by atoms with van der Waals surface area (Å²) in [5.41, 5.74) is 0.763. The highest BCUT2D eigenvalue weighted by Gasteiger charge is 2.29. The van der Waals surface area contributed by atoms with Crippen LogP contribution in [0.5, 0.6) is 0 Å². The van der Waals surface area contributed by atoms with Gasteiger partial charge in [0.2, 0.25) is 10.0 Å². The van der Waals surface area contributed by atoms with Crippen LogP contribution in [0.2, 0.25) is 0 Å². The summed E-state index contributed by atoms with van der Waals surface area (Å²) in [6.45, 7) is 4.64. The standard InChI is InChI=1S/C20H28N2O5S/c1-14-7-10-17(28(25,26)21-16-8-9-16)13-18(14)20(24)27-15(2)19(23)22-11-5-3-4-6-12-22/h7,10,13,15-16,21H,3-6,8-9,11-12H2,1-2H3. The number of aryl methyl sites for hydroxylation is 1. The fourth-order valence-electron chi connectivity index (χ4n) is 3.30. The minimum atomic E-state index is -3.67. The summed E-state index contributed by atoms with van der Waals surface area (Å²) in [5, 5.41) is 0. The fourth-order valence-corrected chi connectivity index (χ4v) is 4.63. The molecule has 2 aliphatic rings. The summed E-state index contributed by atoms with van der Waals surface area (Å²) in [6.07, 6.45) is 4.88. The fraction of sp³-hybridized carbons (Fsp3) is 0.600. The lowest BCUT2D eigenvalue weighted by molar-refractivity contribution is -0.139. The highest BCUT2D eigenvalue weighted by Crippen LogP contribution is 2.24. The SMILES string of the molecule is Cc1ccc(S(=O)(=O)NC2CC2)cc1C(=O)OC(C)C(=O)N1CCCCCC1. The van der Waals surface area contributed by atoms with Gasteiger partial charge in [-0.1, -0.05) is 18.9 Å². The molecule has 8 heteroatoms. The largest absolute Gasteiger partial charge is 0.449 e. The van der Waals surface area contributed by atoms with Gasteiger partial charge in [-0.2, -0.15) is 0 Å². The van der Waals surface area contributed by atoms with Crippen molar-refractivity contribution in [2.24, 2.45) is 0 Å². The van der Waals surface area contributed by atoms with Gasteiger partial charge in [-0.05, 0) is 57.2 Å². The topological polar surface area (TPSA) is 92.8 Å². The molecule has 1 N–H and O–H groups in total. The molecule has 1 aliphatic heterocycles. The lowest BCUT2D eigenvalue weighted by Crippen LogP contribution is -2.40. The third kappa shape index (κ3) is 5.11. The number of benzene rings is 1. The molecular weight excluding hydrogens is 380 g/mol. The molecule has 1 atom stereocenters. The van der Waals surface area contributed by atoms with Crippen molar-refractivity contribution in [2.45, 2.75) is 69.4 Å². The normalized spacial score (nSPS) is 19.0. The van der Waals surface area contributed by atoms with E-state index in [1.54, 1.807) is 24.8 Å². The first-order valence-corrected chi connectivity index (χ1v) is 11.4. The Kier molecular flexibility index (Phi) is 6.40. The Morgan fingerprint density at radius 1 is 1.14 bits per heavy atom. The molecule has 7 nitrogen and oxygen atoms in total.